The molecule has 102 valence electrons. The molecular weight excluding hydrogens is 234 g/mol. The van der Waals surface area contributed by atoms with Gasteiger partial charge in [-0.05, 0) is 17.7 Å². The zero-order valence-corrected chi connectivity index (χ0v) is 11.1. The van der Waals surface area contributed by atoms with Crippen LogP contribution >= 0.6 is 0 Å². The number of aliphatic hydroxyl groups is 1. The smallest absolute Gasteiger partial charge is 0.161 e. The van der Waals surface area contributed by atoms with Crippen molar-refractivity contribution in [3.05, 3.63) is 23.8 Å². The molecule has 1 atom stereocenters. The predicted octanol–water partition coefficient (Wildman–Crippen LogP) is 0.801. The number of hydrogen-bond donors (Lipinski definition) is 2. The number of hydrogen-bond acceptors (Lipinski definition) is 5. The van der Waals surface area contributed by atoms with Gasteiger partial charge in [-0.3, -0.25) is 0 Å². The molecule has 0 bridgehead atoms. The van der Waals surface area contributed by atoms with Crippen LogP contribution in [0.1, 0.15) is 5.56 Å². The van der Waals surface area contributed by atoms with Crippen molar-refractivity contribution in [2.75, 3.05) is 34.5 Å². The van der Waals surface area contributed by atoms with Crippen LogP contribution in [-0.2, 0) is 11.3 Å². The highest BCUT2D eigenvalue weighted by Gasteiger charge is 2.08. The lowest BCUT2D eigenvalue weighted by Crippen LogP contribution is -2.35. The second-order valence-electron chi connectivity index (χ2n) is 3.91. The molecule has 1 rings (SSSR count). The molecule has 0 heterocycles. The van der Waals surface area contributed by atoms with Crippen molar-refractivity contribution >= 4 is 0 Å². The van der Waals surface area contributed by atoms with E-state index in [1.54, 1.807) is 21.3 Å². The van der Waals surface area contributed by atoms with Crippen LogP contribution < -0.4 is 14.8 Å². The molecular formula is C13H21NO4. The highest BCUT2D eigenvalue weighted by Crippen LogP contribution is 2.27. The molecule has 0 saturated heterocycles. The molecule has 0 amide bonds. The molecule has 2 N–H and O–H groups in total. The van der Waals surface area contributed by atoms with Crippen LogP contribution in [0.25, 0.3) is 0 Å². The Labute approximate surface area is 108 Å². The van der Waals surface area contributed by atoms with Crippen molar-refractivity contribution < 1.29 is 19.3 Å². The summed E-state index contributed by atoms with van der Waals surface area (Å²) < 4.78 is 15.4. The van der Waals surface area contributed by atoms with Gasteiger partial charge in [0.1, 0.15) is 0 Å². The van der Waals surface area contributed by atoms with Gasteiger partial charge in [-0.2, -0.15) is 0 Å². The molecule has 0 saturated carbocycles. The third-order valence-electron chi connectivity index (χ3n) is 2.63. The number of ether oxygens (including phenoxy) is 3. The largest absolute Gasteiger partial charge is 0.493 e. The molecule has 0 radical (unpaired) electrons. The maximum absolute atomic E-state index is 9.13. The summed E-state index contributed by atoms with van der Waals surface area (Å²) in [6, 6.07) is 5.66. The number of nitrogens with one attached hydrogen (secondary N) is 1. The Morgan fingerprint density at radius 3 is 2.44 bits per heavy atom. The normalized spacial score (nSPS) is 12.2. The summed E-state index contributed by atoms with van der Waals surface area (Å²) >= 11 is 0. The molecule has 0 aliphatic carbocycles. The van der Waals surface area contributed by atoms with E-state index >= 15 is 0 Å². The van der Waals surface area contributed by atoms with E-state index in [2.05, 4.69) is 5.32 Å². The summed E-state index contributed by atoms with van der Waals surface area (Å²) in [7, 11) is 4.83. The Bertz CT molecular complexity index is 357. The van der Waals surface area contributed by atoms with E-state index in [-0.39, 0.29) is 12.6 Å². The highest BCUT2D eigenvalue weighted by atomic mass is 16.5. The maximum Gasteiger partial charge on any atom is 0.161 e. The standard InChI is InChI=1S/C13H21NO4/c1-16-9-11(8-15)14-7-10-4-5-12(17-2)13(6-10)18-3/h4-6,11,14-15H,7-9H2,1-3H3. The Morgan fingerprint density at radius 2 is 1.89 bits per heavy atom. The zero-order valence-electron chi connectivity index (χ0n) is 11.1. The SMILES string of the molecule is COCC(CO)NCc1ccc(OC)c(OC)c1. The summed E-state index contributed by atoms with van der Waals surface area (Å²) in [5, 5.41) is 12.3. The monoisotopic (exact) mass is 255 g/mol. The molecule has 0 aliphatic heterocycles. The van der Waals surface area contributed by atoms with E-state index in [4.69, 9.17) is 19.3 Å². The van der Waals surface area contributed by atoms with Crippen LogP contribution in [0, 0.1) is 0 Å². The fourth-order valence-corrected chi connectivity index (χ4v) is 1.63. The molecule has 1 aromatic rings. The van der Waals surface area contributed by atoms with Crippen LogP contribution in [0.5, 0.6) is 11.5 Å². The van der Waals surface area contributed by atoms with Gasteiger partial charge >= 0.3 is 0 Å². The van der Waals surface area contributed by atoms with Crippen LogP contribution in [0.2, 0.25) is 0 Å². The minimum absolute atomic E-state index is 0.0428. The summed E-state index contributed by atoms with van der Waals surface area (Å²) in [5.41, 5.74) is 1.06. The predicted molar refractivity (Wildman–Crippen MR) is 69.1 cm³/mol. The molecule has 0 aromatic heterocycles. The van der Waals surface area contributed by atoms with Crippen LogP contribution in [0.3, 0.4) is 0 Å². The van der Waals surface area contributed by atoms with E-state index in [9.17, 15) is 0 Å². The van der Waals surface area contributed by atoms with Gasteiger partial charge in [0, 0.05) is 13.7 Å². The maximum atomic E-state index is 9.13. The van der Waals surface area contributed by atoms with Crippen molar-refractivity contribution in [2.24, 2.45) is 0 Å². The minimum atomic E-state index is -0.0666. The third-order valence-corrected chi connectivity index (χ3v) is 2.63. The second-order valence-corrected chi connectivity index (χ2v) is 3.91. The van der Waals surface area contributed by atoms with E-state index in [1.807, 2.05) is 18.2 Å². The molecule has 1 aromatic carbocycles. The van der Waals surface area contributed by atoms with E-state index in [0.29, 0.717) is 24.7 Å². The van der Waals surface area contributed by atoms with Crippen molar-refractivity contribution in [1.82, 2.24) is 5.32 Å². The van der Waals surface area contributed by atoms with Gasteiger partial charge in [0.2, 0.25) is 0 Å². The summed E-state index contributed by atoms with van der Waals surface area (Å²) in [5.74, 6) is 1.40. The van der Waals surface area contributed by atoms with Gasteiger partial charge < -0.3 is 24.6 Å². The first-order chi connectivity index (χ1) is 8.74. The first-order valence-corrected chi connectivity index (χ1v) is 5.79. The average molecular weight is 255 g/mol. The van der Waals surface area contributed by atoms with Crippen molar-refractivity contribution in [2.45, 2.75) is 12.6 Å². The van der Waals surface area contributed by atoms with Gasteiger partial charge in [-0.1, -0.05) is 6.07 Å². The Morgan fingerprint density at radius 1 is 1.17 bits per heavy atom. The first-order valence-electron chi connectivity index (χ1n) is 5.79. The Hall–Kier alpha value is -1.30. The van der Waals surface area contributed by atoms with Gasteiger partial charge in [0.05, 0.1) is 33.5 Å². The van der Waals surface area contributed by atoms with Gasteiger partial charge in [-0.25, -0.2) is 0 Å². The Kier molecular flexibility index (Phi) is 6.49. The van der Waals surface area contributed by atoms with Crippen LogP contribution in [0.4, 0.5) is 0 Å². The molecule has 5 heteroatoms. The third kappa shape index (κ3) is 4.18. The molecule has 5 nitrogen and oxygen atoms in total. The van der Waals surface area contributed by atoms with Crippen LogP contribution in [0.15, 0.2) is 18.2 Å². The van der Waals surface area contributed by atoms with Crippen molar-refractivity contribution in [3.8, 4) is 11.5 Å². The highest BCUT2D eigenvalue weighted by molar-refractivity contribution is 5.42. The van der Waals surface area contributed by atoms with Crippen molar-refractivity contribution in [3.63, 3.8) is 0 Å². The van der Waals surface area contributed by atoms with E-state index in [0.717, 1.165) is 5.56 Å². The quantitative estimate of drug-likeness (QED) is 0.719. The number of benzene rings is 1. The zero-order chi connectivity index (χ0) is 13.4. The van der Waals surface area contributed by atoms with Crippen molar-refractivity contribution in [1.29, 1.82) is 0 Å². The van der Waals surface area contributed by atoms with E-state index < -0.39 is 0 Å². The van der Waals surface area contributed by atoms with Gasteiger partial charge in [0.15, 0.2) is 11.5 Å². The molecule has 18 heavy (non-hydrogen) atoms. The molecule has 0 spiro atoms. The topological polar surface area (TPSA) is 60.0 Å². The average Bonchev–Trinajstić information content (AvgIpc) is 2.42. The van der Waals surface area contributed by atoms with Gasteiger partial charge in [0.25, 0.3) is 0 Å². The lowest BCUT2D eigenvalue weighted by Gasteiger charge is -2.16. The number of methoxy groups -OCH3 is 3. The number of rotatable bonds is 8. The summed E-state index contributed by atoms with van der Waals surface area (Å²) in [6.45, 7) is 1.15. The lowest BCUT2D eigenvalue weighted by atomic mass is 10.2. The second kappa shape index (κ2) is 7.92. The molecule has 0 fully saturated rings. The Balaban J connectivity index is 2.61. The van der Waals surface area contributed by atoms with E-state index in [1.165, 1.54) is 0 Å². The minimum Gasteiger partial charge on any atom is -0.493 e. The lowest BCUT2D eigenvalue weighted by molar-refractivity contribution is 0.128. The fraction of sp³-hybridized carbons (Fsp3) is 0.538. The van der Waals surface area contributed by atoms with Gasteiger partial charge in [-0.15, -0.1) is 0 Å². The first kappa shape index (κ1) is 14.8. The molecule has 0 aliphatic rings. The molecule has 1 unspecified atom stereocenters. The fourth-order valence-electron chi connectivity index (χ4n) is 1.63. The summed E-state index contributed by atoms with van der Waals surface area (Å²) in [6.07, 6.45) is 0. The number of aliphatic hydroxyl groups excluding tert-OH is 1. The summed E-state index contributed by atoms with van der Waals surface area (Å²) in [4.78, 5) is 0. The van der Waals surface area contributed by atoms with Crippen LogP contribution in [-0.4, -0.2) is 45.7 Å².